The molecule has 0 saturated carbocycles. The minimum absolute atomic E-state index is 0.0310. The number of pyridine rings is 1. The molecule has 9 nitrogen and oxygen atoms in total. The first-order chi connectivity index (χ1) is 17.0. The van der Waals surface area contributed by atoms with E-state index in [1.54, 1.807) is 63.8 Å². The lowest BCUT2D eigenvalue weighted by molar-refractivity contribution is 0.0686. The Kier molecular flexibility index (Phi) is 8.49. The molecule has 0 radical (unpaired) electrons. The molecule has 0 fully saturated rings. The van der Waals surface area contributed by atoms with Crippen molar-refractivity contribution >= 4 is 29.7 Å². The number of rotatable bonds is 8. The van der Waals surface area contributed by atoms with E-state index >= 15 is 0 Å². The van der Waals surface area contributed by atoms with E-state index in [0.29, 0.717) is 34.2 Å². The molecular formula is C26H29ClN6O3. The van der Waals surface area contributed by atoms with Crippen LogP contribution in [-0.2, 0) is 12.2 Å². The van der Waals surface area contributed by atoms with Gasteiger partial charge >= 0.3 is 0 Å². The zero-order valence-electron chi connectivity index (χ0n) is 21.2. The predicted molar refractivity (Wildman–Crippen MR) is 141 cm³/mol. The van der Waals surface area contributed by atoms with Crippen LogP contribution in [0, 0.1) is 13.8 Å². The van der Waals surface area contributed by atoms with Crippen LogP contribution in [0.3, 0.4) is 0 Å². The first kappa shape index (κ1) is 26.9. The Balaban J connectivity index is 1.82. The fourth-order valence-corrected chi connectivity index (χ4v) is 3.40. The summed E-state index contributed by atoms with van der Waals surface area (Å²) < 4.78 is 7.18. The normalized spacial score (nSPS) is 12.9. The maximum atomic E-state index is 12.9. The van der Waals surface area contributed by atoms with Gasteiger partial charge in [-0.2, -0.15) is 10.2 Å². The van der Waals surface area contributed by atoms with Crippen molar-refractivity contribution in [3.8, 4) is 5.75 Å². The molecule has 3 aromatic heterocycles. The smallest absolute Gasteiger partial charge is 0.277 e. The minimum Gasteiger partial charge on any atom is -0.485 e. The van der Waals surface area contributed by atoms with Gasteiger partial charge < -0.3 is 9.84 Å². The number of aromatic nitrogens is 5. The highest BCUT2D eigenvalue weighted by Crippen LogP contribution is 2.23. The highest BCUT2D eigenvalue weighted by molar-refractivity contribution is 6.31. The highest BCUT2D eigenvalue weighted by atomic mass is 35.5. The molecule has 0 aliphatic heterocycles. The molecule has 0 aliphatic rings. The van der Waals surface area contributed by atoms with Crippen molar-refractivity contribution in [2.24, 2.45) is 4.99 Å². The standard InChI is InChI=1S/C26H29ClN6O3/c1-7-20(21-8-9-28-25(31-21)26(5,6)35)29-12-17(3)14-33-18(4)11-22(23(27)24(33)34)36-15-19-10-16(2)13-30-32-19/h7-14,35H,15H2,1-6H3/b17-14+,20-7-,29-12-. The van der Waals surface area contributed by atoms with Crippen LogP contribution >= 0.6 is 11.6 Å². The second kappa shape index (κ2) is 11.4. The molecule has 36 heavy (non-hydrogen) atoms. The second-order valence-corrected chi connectivity index (χ2v) is 9.16. The highest BCUT2D eigenvalue weighted by Gasteiger charge is 2.20. The third-order valence-corrected chi connectivity index (χ3v) is 5.39. The molecule has 0 atom stereocenters. The Morgan fingerprint density at radius 2 is 2.06 bits per heavy atom. The van der Waals surface area contributed by atoms with Crippen LogP contribution in [0.2, 0.25) is 5.02 Å². The van der Waals surface area contributed by atoms with E-state index in [2.05, 4.69) is 25.2 Å². The summed E-state index contributed by atoms with van der Waals surface area (Å²) in [5.41, 5.74) is 2.53. The van der Waals surface area contributed by atoms with Gasteiger partial charge in [-0.25, -0.2) is 9.97 Å². The molecule has 3 rings (SSSR count). The Bertz CT molecular complexity index is 1400. The van der Waals surface area contributed by atoms with Crippen LogP contribution in [0.5, 0.6) is 5.75 Å². The number of aryl methyl sites for hydroxylation is 2. The lowest BCUT2D eigenvalue weighted by Crippen LogP contribution is -2.20. The lowest BCUT2D eigenvalue weighted by Gasteiger charge is -2.15. The molecule has 1 N–H and O–H groups in total. The van der Waals surface area contributed by atoms with Gasteiger partial charge in [0.05, 0.1) is 17.6 Å². The third-order valence-electron chi connectivity index (χ3n) is 5.04. The average Bonchev–Trinajstić information content (AvgIpc) is 2.83. The van der Waals surface area contributed by atoms with Gasteiger partial charge in [0, 0.05) is 30.4 Å². The van der Waals surface area contributed by atoms with Crippen LogP contribution < -0.4 is 10.3 Å². The number of nitrogens with zero attached hydrogens (tertiary/aromatic N) is 6. The molecule has 0 spiro atoms. The second-order valence-electron chi connectivity index (χ2n) is 8.78. The molecule has 0 aliphatic carbocycles. The summed E-state index contributed by atoms with van der Waals surface area (Å²) in [6, 6.07) is 5.27. The van der Waals surface area contributed by atoms with Crippen LogP contribution in [0.25, 0.3) is 11.9 Å². The van der Waals surface area contributed by atoms with Gasteiger partial charge in [0.15, 0.2) is 5.82 Å². The summed E-state index contributed by atoms with van der Waals surface area (Å²) >= 11 is 6.33. The first-order valence-corrected chi connectivity index (χ1v) is 11.6. The van der Waals surface area contributed by atoms with Crippen molar-refractivity contribution in [1.29, 1.82) is 0 Å². The molecule has 0 bridgehead atoms. The summed E-state index contributed by atoms with van der Waals surface area (Å²) in [7, 11) is 0. The van der Waals surface area contributed by atoms with Crippen molar-refractivity contribution < 1.29 is 9.84 Å². The van der Waals surface area contributed by atoms with Crippen LogP contribution in [0.1, 0.15) is 56.2 Å². The quantitative estimate of drug-likeness (QED) is 0.445. The molecular weight excluding hydrogens is 480 g/mol. The lowest BCUT2D eigenvalue weighted by atomic mass is 10.1. The third kappa shape index (κ3) is 6.71. The molecule has 3 heterocycles. The molecule has 0 unspecified atom stereocenters. The Morgan fingerprint density at radius 3 is 2.72 bits per heavy atom. The van der Waals surface area contributed by atoms with Crippen molar-refractivity contribution in [1.82, 2.24) is 24.7 Å². The maximum absolute atomic E-state index is 12.9. The van der Waals surface area contributed by atoms with Crippen LogP contribution in [-0.4, -0.2) is 36.1 Å². The van der Waals surface area contributed by atoms with E-state index < -0.39 is 11.2 Å². The van der Waals surface area contributed by atoms with Gasteiger partial charge in [0.25, 0.3) is 5.56 Å². The van der Waals surface area contributed by atoms with Gasteiger partial charge in [-0.3, -0.25) is 14.4 Å². The Morgan fingerprint density at radius 1 is 1.31 bits per heavy atom. The van der Waals surface area contributed by atoms with E-state index in [0.717, 1.165) is 5.56 Å². The molecule has 0 amide bonds. The fraction of sp³-hybridized carbons (Fsp3) is 0.308. The zero-order valence-corrected chi connectivity index (χ0v) is 21.9. The molecule has 0 saturated heterocycles. The van der Waals surface area contributed by atoms with Gasteiger partial charge in [0.1, 0.15) is 28.7 Å². The van der Waals surface area contributed by atoms with E-state index in [9.17, 15) is 9.90 Å². The minimum atomic E-state index is -1.17. The van der Waals surface area contributed by atoms with Crippen LogP contribution in [0.15, 0.2) is 52.0 Å². The fourth-order valence-electron chi connectivity index (χ4n) is 3.20. The molecule has 188 valence electrons. The maximum Gasteiger partial charge on any atom is 0.277 e. The zero-order chi connectivity index (χ0) is 26.5. The topological polar surface area (TPSA) is 115 Å². The van der Waals surface area contributed by atoms with Crippen molar-refractivity contribution in [2.75, 3.05) is 0 Å². The van der Waals surface area contributed by atoms with E-state index in [4.69, 9.17) is 16.3 Å². The summed E-state index contributed by atoms with van der Waals surface area (Å²) in [5, 5.41) is 18.1. The number of hydrogen-bond acceptors (Lipinski definition) is 8. The Labute approximate surface area is 214 Å². The van der Waals surface area contributed by atoms with E-state index in [1.807, 2.05) is 26.8 Å². The number of ether oxygens (including phenoxy) is 1. The summed E-state index contributed by atoms with van der Waals surface area (Å²) in [4.78, 5) is 26.0. The van der Waals surface area contributed by atoms with Gasteiger partial charge in [-0.1, -0.05) is 17.7 Å². The van der Waals surface area contributed by atoms with Gasteiger partial charge in [-0.15, -0.1) is 0 Å². The number of allylic oxidation sites excluding steroid dienone is 2. The van der Waals surface area contributed by atoms with Crippen molar-refractivity contribution in [2.45, 2.75) is 53.8 Å². The number of aliphatic imine (C=N–C) groups is 1. The average molecular weight is 509 g/mol. The number of hydrogen-bond donors (Lipinski definition) is 1. The van der Waals surface area contributed by atoms with Crippen molar-refractivity contribution in [3.63, 3.8) is 0 Å². The summed E-state index contributed by atoms with van der Waals surface area (Å²) in [6.07, 6.45) is 8.32. The van der Waals surface area contributed by atoms with Crippen LogP contribution in [0.4, 0.5) is 0 Å². The SMILES string of the molecule is C\C=C(/N=C\C(C)=C\n1c(C)cc(OCc2cc(C)cnn2)c(Cl)c1=O)c1ccnc(C(C)(C)O)n1. The summed E-state index contributed by atoms with van der Waals surface area (Å²) in [6.45, 7) is 10.7. The number of aliphatic hydroxyl groups is 1. The molecule has 3 aromatic rings. The number of halogens is 1. The largest absolute Gasteiger partial charge is 0.485 e. The molecule has 0 aromatic carbocycles. The van der Waals surface area contributed by atoms with E-state index in [1.165, 1.54) is 4.57 Å². The molecule has 10 heteroatoms. The monoisotopic (exact) mass is 508 g/mol. The van der Waals surface area contributed by atoms with Crippen molar-refractivity contribution in [3.05, 3.63) is 86.1 Å². The first-order valence-electron chi connectivity index (χ1n) is 11.3. The van der Waals surface area contributed by atoms with E-state index in [-0.39, 0.29) is 17.4 Å². The van der Waals surface area contributed by atoms with Gasteiger partial charge in [0.2, 0.25) is 0 Å². The summed E-state index contributed by atoms with van der Waals surface area (Å²) in [5.74, 6) is 0.580. The predicted octanol–water partition coefficient (Wildman–Crippen LogP) is 4.50. The Hall–Kier alpha value is -3.69. The van der Waals surface area contributed by atoms with Gasteiger partial charge in [-0.05, 0) is 64.8 Å².